The predicted octanol–water partition coefficient (Wildman–Crippen LogP) is 3.26. The Morgan fingerprint density at radius 2 is 1.97 bits per heavy atom. The molecule has 3 heterocycles. The molecule has 4 rings (SSSR count). The van der Waals surface area contributed by atoms with E-state index in [0.717, 1.165) is 17.8 Å². The summed E-state index contributed by atoms with van der Waals surface area (Å²) in [4.78, 5) is 14.7. The standard InChI is InChI=1S/C20H23ClF3N5O2/c21-16-17(19(30)25-6-7-28-8-10-31-11-9-28)27-29-15(20(22,23)24)12-14(26-18(16)29)13-4-2-1-3-5-13/h1-5,14-15,26H,6-12H2,(H,25,30)/t14-,15-/m1/s1. The number of carbonyl (C=O) groups is 1. The quantitative estimate of drug-likeness (QED) is 0.721. The number of ether oxygens (including phenoxy) is 1. The topological polar surface area (TPSA) is 71.4 Å². The van der Waals surface area contributed by atoms with Gasteiger partial charge in [0.15, 0.2) is 11.7 Å². The molecule has 1 saturated heterocycles. The number of hydrogen-bond acceptors (Lipinski definition) is 5. The first kappa shape index (κ1) is 21.9. The van der Waals surface area contributed by atoms with Gasteiger partial charge in [0.25, 0.3) is 5.91 Å². The van der Waals surface area contributed by atoms with Crippen molar-refractivity contribution in [2.24, 2.45) is 0 Å². The van der Waals surface area contributed by atoms with Crippen molar-refractivity contribution in [1.82, 2.24) is 20.0 Å². The molecule has 0 saturated carbocycles. The van der Waals surface area contributed by atoms with Crippen molar-refractivity contribution in [1.29, 1.82) is 0 Å². The molecular formula is C20H23ClF3N5O2. The summed E-state index contributed by atoms with van der Waals surface area (Å²) in [6.45, 7) is 3.77. The molecule has 0 spiro atoms. The van der Waals surface area contributed by atoms with E-state index in [1.807, 2.05) is 0 Å². The van der Waals surface area contributed by atoms with E-state index in [0.29, 0.717) is 31.9 Å². The molecular weight excluding hydrogens is 435 g/mol. The number of nitrogens with one attached hydrogen (secondary N) is 2. The monoisotopic (exact) mass is 457 g/mol. The lowest BCUT2D eigenvalue weighted by molar-refractivity contribution is -0.173. The number of nitrogens with zero attached hydrogens (tertiary/aromatic N) is 3. The van der Waals surface area contributed by atoms with E-state index in [2.05, 4.69) is 20.6 Å². The van der Waals surface area contributed by atoms with Crippen LogP contribution in [-0.4, -0.2) is 66.2 Å². The van der Waals surface area contributed by atoms with Crippen molar-refractivity contribution < 1.29 is 22.7 Å². The Hall–Kier alpha value is -2.30. The van der Waals surface area contributed by atoms with Crippen LogP contribution in [0.1, 0.15) is 34.6 Å². The van der Waals surface area contributed by atoms with Crippen LogP contribution in [0.4, 0.5) is 19.0 Å². The summed E-state index contributed by atoms with van der Waals surface area (Å²) in [5, 5.41) is 9.57. The number of halogens is 4. The highest BCUT2D eigenvalue weighted by Crippen LogP contribution is 2.46. The van der Waals surface area contributed by atoms with Crippen molar-refractivity contribution in [2.75, 3.05) is 44.7 Å². The maximum absolute atomic E-state index is 13.8. The third kappa shape index (κ3) is 4.81. The van der Waals surface area contributed by atoms with Gasteiger partial charge in [-0.3, -0.25) is 9.69 Å². The highest BCUT2D eigenvalue weighted by atomic mass is 35.5. The van der Waals surface area contributed by atoms with Gasteiger partial charge in [0.05, 0.1) is 19.3 Å². The van der Waals surface area contributed by atoms with Gasteiger partial charge in [-0.15, -0.1) is 0 Å². The molecule has 31 heavy (non-hydrogen) atoms. The van der Waals surface area contributed by atoms with Crippen LogP contribution in [0.3, 0.4) is 0 Å². The Morgan fingerprint density at radius 1 is 1.26 bits per heavy atom. The maximum atomic E-state index is 13.8. The fourth-order valence-electron chi connectivity index (χ4n) is 3.87. The van der Waals surface area contributed by atoms with Gasteiger partial charge < -0.3 is 15.4 Å². The molecule has 0 bridgehead atoms. The summed E-state index contributed by atoms with van der Waals surface area (Å²) in [5.41, 5.74) is 0.492. The zero-order chi connectivity index (χ0) is 22.0. The van der Waals surface area contributed by atoms with Crippen molar-refractivity contribution in [3.8, 4) is 0 Å². The number of morpholine rings is 1. The van der Waals surface area contributed by atoms with E-state index < -0.39 is 24.2 Å². The molecule has 0 radical (unpaired) electrons. The van der Waals surface area contributed by atoms with E-state index in [-0.39, 0.29) is 23.0 Å². The molecule has 2 aliphatic rings. The average molecular weight is 458 g/mol. The molecule has 1 fully saturated rings. The summed E-state index contributed by atoms with van der Waals surface area (Å²) < 4.78 is 47.5. The molecule has 0 aliphatic carbocycles. The minimum absolute atomic E-state index is 0.00224. The molecule has 0 unspecified atom stereocenters. The van der Waals surface area contributed by atoms with Crippen molar-refractivity contribution in [2.45, 2.75) is 24.7 Å². The summed E-state index contributed by atoms with van der Waals surface area (Å²) in [5.74, 6) is -0.596. The number of hydrogen-bond donors (Lipinski definition) is 2. The molecule has 168 valence electrons. The summed E-state index contributed by atoms with van der Waals surface area (Å²) >= 11 is 6.33. The molecule has 2 N–H and O–H groups in total. The Bertz CT molecular complexity index is 916. The first-order chi connectivity index (χ1) is 14.8. The van der Waals surface area contributed by atoms with Crippen LogP contribution in [-0.2, 0) is 4.74 Å². The Morgan fingerprint density at radius 3 is 2.65 bits per heavy atom. The maximum Gasteiger partial charge on any atom is 0.410 e. The molecule has 2 aliphatic heterocycles. The lowest BCUT2D eigenvalue weighted by Crippen LogP contribution is -2.41. The van der Waals surface area contributed by atoms with E-state index in [9.17, 15) is 18.0 Å². The van der Waals surface area contributed by atoms with Crippen LogP contribution in [0.25, 0.3) is 0 Å². The van der Waals surface area contributed by atoms with E-state index >= 15 is 0 Å². The first-order valence-corrected chi connectivity index (χ1v) is 10.5. The molecule has 11 heteroatoms. The van der Waals surface area contributed by atoms with Crippen LogP contribution >= 0.6 is 11.6 Å². The zero-order valence-corrected chi connectivity index (χ0v) is 17.4. The van der Waals surface area contributed by atoms with Gasteiger partial charge >= 0.3 is 6.18 Å². The molecule has 2 aromatic rings. The highest BCUT2D eigenvalue weighted by molar-refractivity contribution is 6.36. The largest absolute Gasteiger partial charge is 0.410 e. The average Bonchev–Trinajstić information content (AvgIpc) is 3.10. The lowest BCUT2D eigenvalue weighted by atomic mass is 9.97. The minimum Gasteiger partial charge on any atom is -0.379 e. The second-order valence-corrected chi connectivity index (χ2v) is 7.94. The number of alkyl halides is 3. The van der Waals surface area contributed by atoms with Crippen molar-refractivity contribution in [3.63, 3.8) is 0 Å². The number of amides is 1. The fourth-order valence-corrected chi connectivity index (χ4v) is 4.14. The minimum atomic E-state index is -4.54. The van der Waals surface area contributed by atoms with Crippen LogP contribution in [0.15, 0.2) is 30.3 Å². The lowest BCUT2D eigenvalue weighted by Gasteiger charge is -2.33. The SMILES string of the molecule is O=C(NCCN1CCOCC1)c1nn2c(c1Cl)N[C@@H](c1ccccc1)C[C@@H]2C(F)(F)F. The number of anilines is 1. The predicted molar refractivity (Wildman–Crippen MR) is 109 cm³/mol. The number of carbonyl (C=O) groups excluding carboxylic acids is 1. The van der Waals surface area contributed by atoms with Gasteiger partial charge in [-0.05, 0) is 5.56 Å². The summed E-state index contributed by atoms with van der Waals surface area (Å²) in [7, 11) is 0. The van der Waals surface area contributed by atoms with E-state index in [1.54, 1.807) is 30.3 Å². The Balaban J connectivity index is 1.53. The summed E-state index contributed by atoms with van der Waals surface area (Å²) in [6, 6.07) is 6.34. The normalized spacial score (nSPS) is 21.9. The Labute approximate surface area is 182 Å². The fraction of sp³-hybridized carbons (Fsp3) is 0.500. The highest BCUT2D eigenvalue weighted by Gasteiger charge is 2.47. The second kappa shape index (κ2) is 9.05. The van der Waals surface area contributed by atoms with Gasteiger partial charge in [0, 0.05) is 32.6 Å². The van der Waals surface area contributed by atoms with Gasteiger partial charge in [-0.25, -0.2) is 4.68 Å². The first-order valence-electron chi connectivity index (χ1n) is 10.1. The zero-order valence-electron chi connectivity index (χ0n) is 16.7. The van der Waals surface area contributed by atoms with Crippen molar-refractivity contribution >= 4 is 23.3 Å². The number of rotatable bonds is 5. The van der Waals surface area contributed by atoms with Gasteiger partial charge in [0.1, 0.15) is 10.8 Å². The van der Waals surface area contributed by atoms with Gasteiger partial charge in [0.2, 0.25) is 0 Å². The van der Waals surface area contributed by atoms with Crippen LogP contribution in [0.2, 0.25) is 5.02 Å². The molecule has 1 aromatic heterocycles. The molecule has 1 aromatic carbocycles. The van der Waals surface area contributed by atoms with Crippen molar-refractivity contribution in [3.05, 3.63) is 46.6 Å². The van der Waals surface area contributed by atoms with Crippen LogP contribution in [0, 0.1) is 0 Å². The van der Waals surface area contributed by atoms with E-state index in [4.69, 9.17) is 16.3 Å². The van der Waals surface area contributed by atoms with Gasteiger partial charge in [-0.1, -0.05) is 41.9 Å². The smallest absolute Gasteiger partial charge is 0.379 e. The third-order valence-corrected chi connectivity index (χ3v) is 5.89. The summed E-state index contributed by atoms with van der Waals surface area (Å²) in [6.07, 6.45) is -4.79. The van der Waals surface area contributed by atoms with E-state index in [1.165, 1.54) is 0 Å². The third-order valence-electron chi connectivity index (χ3n) is 5.53. The molecule has 1 amide bonds. The molecule has 7 nitrogen and oxygen atoms in total. The van der Waals surface area contributed by atoms with Gasteiger partial charge in [-0.2, -0.15) is 18.3 Å². The molecule has 2 atom stereocenters. The Kier molecular flexibility index (Phi) is 6.40. The number of benzene rings is 1. The van der Waals surface area contributed by atoms with Crippen LogP contribution < -0.4 is 10.6 Å². The number of fused-ring (bicyclic) bond motifs is 1. The van der Waals surface area contributed by atoms with Crippen LogP contribution in [0.5, 0.6) is 0 Å². The second-order valence-electron chi connectivity index (χ2n) is 7.57. The number of aromatic nitrogens is 2.